The number of carbonyl (C=O) groups excluding carboxylic acids is 4. The van der Waals surface area contributed by atoms with Gasteiger partial charge in [0.2, 0.25) is 11.8 Å². The molecule has 0 spiro atoms. The van der Waals surface area contributed by atoms with E-state index in [-0.39, 0.29) is 35.7 Å². The molecule has 4 amide bonds. The van der Waals surface area contributed by atoms with E-state index >= 15 is 0 Å². The standard InChI is InChI=1S/C48H58N10O6/c1-25(2)41(54-47(61)63-6)45(59)57-20-8-10-37(57)43-50-24-34(53-43)28-13-16-31(49-23-28)30-15-14-29(39-35-18-19-36(40(30)39)56(35)5)27-12-17-32-33(22-27)52-44(51-32)38-11-9-21-58(38)46(60)42(26(3)4)55-48(62)64-7/h12-17,22-26,35-38,41-42H,8-11,18-21H2,1-7H3,(H,50,53)(H,51,52)(H,54,61)(H,55,62)/t35?,36?,37-,38-,41?,42-/m0/s1. The van der Waals surface area contributed by atoms with Crippen molar-refractivity contribution in [1.82, 2.24) is 50.3 Å². The number of hydrogen-bond acceptors (Lipinski definition) is 10. The number of methoxy groups -OCH3 is 2. The number of rotatable bonds is 11. The largest absolute Gasteiger partial charge is 0.453 e. The van der Waals surface area contributed by atoms with Crippen molar-refractivity contribution in [3.8, 4) is 33.6 Å². The molecule has 336 valence electrons. The lowest BCUT2D eigenvalue weighted by atomic mass is 9.82. The molecule has 2 bridgehead atoms. The number of alkyl carbamates (subject to hydrolysis) is 2. The number of H-pyrrole nitrogens is 2. The van der Waals surface area contributed by atoms with Gasteiger partial charge < -0.3 is 39.9 Å². The second-order valence-electron chi connectivity index (χ2n) is 18.3. The van der Waals surface area contributed by atoms with E-state index in [2.05, 4.69) is 75.0 Å². The van der Waals surface area contributed by atoms with Gasteiger partial charge in [0, 0.05) is 42.5 Å². The Morgan fingerprint density at radius 2 is 1.25 bits per heavy atom. The molecule has 9 rings (SSSR count). The van der Waals surface area contributed by atoms with Crippen molar-refractivity contribution in [1.29, 1.82) is 0 Å². The zero-order valence-electron chi connectivity index (χ0n) is 37.6. The van der Waals surface area contributed by atoms with Crippen LogP contribution in [0.2, 0.25) is 0 Å². The van der Waals surface area contributed by atoms with Gasteiger partial charge in [0.25, 0.3) is 0 Å². The Morgan fingerprint density at radius 3 is 1.83 bits per heavy atom. The average Bonchev–Trinajstić information content (AvgIpc) is 4.17. The average molecular weight is 871 g/mol. The van der Waals surface area contributed by atoms with Crippen molar-refractivity contribution in [2.75, 3.05) is 34.4 Å². The molecule has 5 aromatic rings. The highest BCUT2D eigenvalue weighted by Gasteiger charge is 2.45. The third-order valence-electron chi connectivity index (χ3n) is 13.9. The summed E-state index contributed by atoms with van der Waals surface area (Å²) in [6, 6.07) is 13.7. The van der Waals surface area contributed by atoms with Gasteiger partial charge in [-0.25, -0.2) is 19.6 Å². The fourth-order valence-corrected chi connectivity index (χ4v) is 10.6. The molecular weight excluding hydrogens is 813 g/mol. The third-order valence-corrected chi connectivity index (χ3v) is 13.9. The van der Waals surface area contributed by atoms with Gasteiger partial charge >= 0.3 is 12.2 Å². The van der Waals surface area contributed by atoms with E-state index in [0.717, 1.165) is 83.5 Å². The first-order valence-corrected chi connectivity index (χ1v) is 22.6. The Morgan fingerprint density at radius 1 is 0.672 bits per heavy atom. The lowest BCUT2D eigenvalue weighted by Gasteiger charge is -2.30. The molecule has 3 saturated heterocycles. The summed E-state index contributed by atoms with van der Waals surface area (Å²) in [5.41, 5.74) is 10.5. The predicted molar refractivity (Wildman–Crippen MR) is 241 cm³/mol. The maximum absolute atomic E-state index is 13.8. The number of fused-ring (bicyclic) bond motifs is 6. The second kappa shape index (κ2) is 17.4. The van der Waals surface area contributed by atoms with Gasteiger partial charge in [-0.2, -0.15) is 0 Å². The van der Waals surface area contributed by atoms with Crippen LogP contribution in [0, 0.1) is 11.8 Å². The van der Waals surface area contributed by atoms with Crippen LogP contribution in [0.1, 0.15) is 113 Å². The highest BCUT2D eigenvalue weighted by Crippen LogP contribution is 2.57. The number of carbonyl (C=O) groups is 4. The first-order chi connectivity index (χ1) is 30.9. The summed E-state index contributed by atoms with van der Waals surface area (Å²) < 4.78 is 9.61. The van der Waals surface area contributed by atoms with Crippen LogP contribution in [0.15, 0.2) is 54.9 Å². The first kappa shape index (κ1) is 43.0. The summed E-state index contributed by atoms with van der Waals surface area (Å²) in [6.45, 7) is 8.82. The first-order valence-electron chi connectivity index (χ1n) is 22.6. The highest BCUT2D eigenvalue weighted by molar-refractivity contribution is 5.88. The van der Waals surface area contributed by atoms with E-state index in [0.29, 0.717) is 31.0 Å². The Kier molecular flexibility index (Phi) is 11.7. The molecule has 0 aliphatic carbocycles. The molecule has 3 fully saturated rings. The maximum atomic E-state index is 13.8. The van der Waals surface area contributed by atoms with E-state index in [1.165, 1.54) is 30.9 Å². The van der Waals surface area contributed by atoms with E-state index in [1.807, 2.05) is 43.7 Å². The van der Waals surface area contributed by atoms with E-state index in [9.17, 15) is 19.2 Å². The monoisotopic (exact) mass is 870 g/mol. The van der Waals surface area contributed by atoms with E-state index in [4.69, 9.17) is 24.4 Å². The number of benzene rings is 2. The molecular formula is C48H58N10O6. The summed E-state index contributed by atoms with van der Waals surface area (Å²) in [4.78, 5) is 79.6. The molecule has 4 aliphatic rings. The number of aromatic nitrogens is 5. The quantitative estimate of drug-likeness (QED) is 0.103. The minimum atomic E-state index is -0.699. The molecule has 16 nitrogen and oxygen atoms in total. The Hall–Kier alpha value is -6.29. The molecule has 0 radical (unpaired) electrons. The maximum Gasteiger partial charge on any atom is 0.407 e. The second-order valence-corrected chi connectivity index (χ2v) is 18.3. The highest BCUT2D eigenvalue weighted by atomic mass is 16.5. The normalized spacial score (nSPS) is 21.5. The van der Waals surface area contributed by atoms with Crippen LogP contribution in [0.25, 0.3) is 44.7 Å². The predicted octanol–water partition coefficient (Wildman–Crippen LogP) is 7.59. The number of imidazole rings is 2. The van der Waals surface area contributed by atoms with Gasteiger partial charge in [0.1, 0.15) is 23.7 Å². The van der Waals surface area contributed by atoms with Crippen LogP contribution in [-0.2, 0) is 19.1 Å². The molecule has 2 aromatic carbocycles. The molecule has 4 aliphatic heterocycles. The molecule has 6 atom stereocenters. The van der Waals surface area contributed by atoms with Gasteiger partial charge in [-0.1, -0.05) is 45.9 Å². The fraction of sp³-hybridized carbons (Fsp3) is 0.479. The Bertz CT molecular complexity index is 2580. The van der Waals surface area contributed by atoms with Crippen LogP contribution >= 0.6 is 0 Å². The number of nitrogens with zero attached hydrogens (tertiary/aromatic N) is 6. The summed E-state index contributed by atoms with van der Waals surface area (Å²) >= 11 is 0. The summed E-state index contributed by atoms with van der Waals surface area (Å²) in [6.07, 6.45) is 7.86. The van der Waals surface area contributed by atoms with Crippen molar-refractivity contribution in [2.45, 2.75) is 102 Å². The number of likely N-dealkylation sites (tertiary alicyclic amines) is 2. The number of hydrogen-bond donors (Lipinski definition) is 4. The van der Waals surface area contributed by atoms with Crippen LogP contribution in [0.5, 0.6) is 0 Å². The van der Waals surface area contributed by atoms with Crippen molar-refractivity contribution in [2.24, 2.45) is 11.8 Å². The summed E-state index contributed by atoms with van der Waals surface area (Å²) in [5.74, 6) is 0.956. The van der Waals surface area contributed by atoms with Crippen molar-refractivity contribution >= 4 is 35.0 Å². The smallest absolute Gasteiger partial charge is 0.407 e. The Labute approximate surface area is 372 Å². The fourth-order valence-electron chi connectivity index (χ4n) is 10.6. The van der Waals surface area contributed by atoms with Crippen LogP contribution in [0.4, 0.5) is 9.59 Å². The SMILES string of the molecule is COC(=O)NC(C(=O)N1CCC[C@H]1c1ncc(-c2ccc(-c3ccc(-c4ccc5nc([C@@H]6CCCN6C(=O)[C@@H](NC(=O)OC)C(C)C)[nH]c5c4)c4c3C3CCC4N3C)nc2)[nH]1)C(C)C. The molecule has 16 heteroatoms. The number of aromatic amines is 2. The van der Waals surface area contributed by atoms with Gasteiger partial charge in [-0.05, 0) is 104 Å². The number of pyridine rings is 1. The van der Waals surface area contributed by atoms with Crippen LogP contribution in [-0.4, -0.2) is 110 Å². The third kappa shape index (κ3) is 7.64. The zero-order valence-corrected chi connectivity index (χ0v) is 37.6. The molecule has 0 saturated carbocycles. The van der Waals surface area contributed by atoms with Crippen molar-refractivity contribution in [3.63, 3.8) is 0 Å². The summed E-state index contributed by atoms with van der Waals surface area (Å²) in [5, 5.41) is 5.45. The molecule has 3 aromatic heterocycles. The molecule has 7 heterocycles. The number of nitrogens with one attached hydrogen (secondary N) is 4. The lowest BCUT2D eigenvalue weighted by molar-refractivity contribution is -0.136. The lowest BCUT2D eigenvalue weighted by Crippen LogP contribution is -2.51. The van der Waals surface area contributed by atoms with Crippen LogP contribution in [0.3, 0.4) is 0 Å². The minimum absolute atomic E-state index is 0.113. The number of amides is 4. The summed E-state index contributed by atoms with van der Waals surface area (Å²) in [7, 11) is 4.82. The van der Waals surface area contributed by atoms with E-state index < -0.39 is 24.3 Å². The van der Waals surface area contributed by atoms with Gasteiger partial charge in [0.15, 0.2) is 0 Å². The minimum Gasteiger partial charge on any atom is -0.453 e. The molecule has 3 unspecified atom stereocenters. The molecule has 4 N–H and O–H groups in total. The topological polar surface area (TPSA) is 191 Å². The van der Waals surface area contributed by atoms with Gasteiger partial charge in [-0.15, -0.1) is 0 Å². The van der Waals surface area contributed by atoms with Crippen molar-refractivity contribution in [3.05, 3.63) is 77.6 Å². The Balaban J connectivity index is 0.962. The molecule has 64 heavy (non-hydrogen) atoms. The van der Waals surface area contributed by atoms with Crippen molar-refractivity contribution < 1.29 is 28.7 Å². The number of ether oxygens (including phenoxy) is 2. The van der Waals surface area contributed by atoms with Gasteiger partial charge in [-0.3, -0.25) is 19.5 Å². The van der Waals surface area contributed by atoms with E-state index in [1.54, 1.807) is 6.20 Å². The van der Waals surface area contributed by atoms with Gasteiger partial charge in [0.05, 0.1) is 54.9 Å². The van der Waals surface area contributed by atoms with Crippen LogP contribution < -0.4 is 10.6 Å². The zero-order chi connectivity index (χ0) is 45.0.